The second-order valence-electron chi connectivity index (χ2n) is 5.66. The molecule has 0 aromatic heterocycles. The van der Waals surface area contributed by atoms with E-state index in [9.17, 15) is 4.79 Å². The quantitative estimate of drug-likeness (QED) is 0.847. The molecule has 116 valence electrons. The largest absolute Gasteiger partial charge is 0.336 e. The van der Waals surface area contributed by atoms with E-state index in [4.69, 9.17) is 0 Å². The minimum absolute atomic E-state index is 0.206. The number of carbonyl (C=O) groups is 1. The monoisotopic (exact) mass is 306 g/mol. The summed E-state index contributed by atoms with van der Waals surface area (Å²) >= 11 is 1.69. The predicted octanol–water partition coefficient (Wildman–Crippen LogP) is 3.32. The maximum atomic E-state index is 13.0. The zero-order valence-electron chi connectivity index (χ0n) is 13.3. The Hall–Kier alpha value is -1.00. The number of carbonyl (C=O) groups excluding carboxylic acids is 1. The lowest BCUT2D eigenvalue weighted by atomic mass is 10.0. The van der Waals surface area contributed by atoms with Crippen molar-refractivity contribution >= 4 is 17.7 Å². The third-order valence-corrected chi connectivity index (χ3v) is 4.88. The fraction of sp³-hybridized carbons (Fsp3) is 0.588. The van der Waals surface area contributed by atoms with Gasteiger partial charge in [0.15, 0.2) is 0 Å². The van der Waals surface area contributed by atoms with E-state index in [2.05, 4.69) is 35.5 Å². The van der Waals surface area contributed by atoms with Crippen LogP contribution in [0.15, 0.2) is 23.1 Å². The van der Waals surface area contributed by atoms with Crippen molar-refractivity contribution in [1.82, 2.24) is 10.2 Å². The molecule has 0 unspecified atom stereocenters. The number of thioether (sulfide) groups is 1. The Bertz CT molecular complexity index is 484. The Balaban J connectivity index is 2.24. The molecule has 1 saturated heterocycles. The molecule has 0 spiro atoms. The van der Waals surface area contributed by atoms with Gasteiger partial charge in [-0.1, -0.05) is 13.0 Å². The third kappa shape index (κ3) is 4.01. The van der Waals surface area contributed by atoms with Crippen LogP contribution in [0.25, 0.3) is 0 Å². The number of hydrogen-bond donors (Lipinski definition) is 1. The molecule has 1 N–H and O–H groups in total. The maximum Gasteiger partial charge on any atom is 0.254 e. The molecule has 1 aromatic rings. The van der Waals surface area contributed by atoms with Crippen molar-refractivity contribution in [2.45, 2.75) is 44.0 Å². The van der Waals surface area contributed by atoms with Gasteiger partial charge in [0.2, 0.25) is 0 Å². The number of nitrogens with one attached hydrogen (secondary N) is 1. The van der Waals surface area contributed by atoms with E-state index in [1.165, 1.54) is 0 Å². The molecule has 0 bridgehead atoms. The van der Waals surface area contributed by atoms with Crippen LogP contribution in [-0.2, 0) is 0 Å². The first-order valence-electron chi connectivity index (χ1n) is 7.83. The molecule has 4 heteroatoms. The van der Waals surface area contributed by atoms with Crippen molar-refractivity contribution in [1.29, 1.82) is 0 Å². The number of rotatable bonds is 5. The lowest BCUT2D eigenvalue weighted by Gasteiger charge is -2.35. The number of aryl methyl sites for hydroxylation is 1. The van der Waals surface area contributed by atoms with Gasteiger partial charge < -0.3 is 10.2 Å². The molecule has 2 rings (SSSR count). The Kier molecular flexibility index (Phi) is 6.12. The molecule has 0 aliphatic carbocycles. The van der Waals surface area contributed by atoms with Gasteiger partial charge in [0.1, 0.15) is 0 Å². The van der Waals surface area contributed by atoms with E-state index < -0.39 is 0 Å². The molecule has 3 nitrogen and oxygen atoms in total. The lowest BCUT2D eigenvalue weighted by molar-refractivity contribution is 0.0641. The summed E-state index contributed by atoms with van der Waals surface area (Å²) in [5.74, 6) is 0.206. The van der Waals surface area contributed by atoms with Gasteiger partial charge in [-0.2, -0.15) is 0 Å². The van der Waals surface area contributed by atoms with Gasteiger partial charge in [-0.05, 0) is 63.2 Å². The molecule has 0 radical (unpaired) electrons. The first-order chi connectivity index (χ1) is 10.2. The highest BCUT2D eigenvalue weighted by Gasteiger charge is 2.26. The average molecular weight is 306 g/mol. The fourth-order valence-corrected chi connectivity index (χ4v) is 3.36. The van der Waals surface area contributed by atoms with Crippen LogP contribution in [0.3, 0.4) is 0 Å². The Morgan fingerprint density at radius 2 is 2.10 bits per heavy atom. The summed E-state index contributed by atoms with van der Waals surface area (Å²) in [5.41, 5.74) is 1.95. The smallest absolute Gasteiger partial charge is 0.254 e. The van der Waals surface area contributed by atoms with E-state index in [1.54, 1.807) is 11.8 Å². The summed E-state index contributed by atoms with van der Waals surface area (Å²) in [6.45, 7) is 7.06. The molecular formula is C17H26N2OS. The van der Waals surface area contributed by atoms with E-state index >= 15 is 0 Å². The zero-order valence-corrected chi connectivity index (χ0v) is 14.1. The van der Waals surface area contributed by atoms with E-state index in [-0.39, 0.29) is 5.91 Å². The van der Waals surface area contributed by atoms with Crippen LogP contribution < -0.4 is 5.32 Å². The molecule has 1 aromatic carbocycles. The zero-order chi connectivity index (χ0) is 15.2. The van der Waals surface area contributed by atoms with Gasteiger partial charge >= 0.3 is 0 Å². The van der Waals surface area contributed by atoms with Crippen LogP contribution in [0.5, 0.6) is 0 Å². The summed E-state index contributed by atoms with van der Waals surface area (Å²) in [7, 11) is 0. The third-order valence-electron chi connectivity index (χ3n) is 4.15. The Morgan fingerprint density at radius 3 is 2.71 bits per heavy atom. The number of nitrogens with zero attached hydrogens (tertiary/aromatic N) is 1. The number of piperidine rings is 1. The number of benzene rings is 1. The summed E-state index contributed by atoms with van der Waals surface area (Å²) < 4.78 is 0. The fourth-order valence-electron chi connectivity index (χ4n) is 2.92. The van der Waals surface area contributed by atoms with Crippen LogP contribution in [0.2, 0.25) is 0 Å². The molecule has 1 aliphatic rings. The number of hydrogen-bond acceptors (Lipinski definition) is 3. The van der Waals surface area contributed by atoms with Crippen molar-refractivity contribution in [2.24, 2.45) is 0 Å². The predicted molar refractivity (Wildman–Crippen MR) is 90.2 cm³/mol. The van der Waals surface area contributed by atoms with Gasteiger partial charge in [-0.15, -0.1) is 11.8 Å². The normalized spacial score (nSPS) is 16.0. The molecule has 1 fully saturated rings. The van der Waals surface area contributed by atoms with E-state index in [1.807, 2.05) is 13.0 Å². The SMILES string of the molecule is CCCN(C(=O)c1cc(SC)ccc1C)C1CCNCC1. The molecule has 0 saturated carbocycles. The van der Waals surface area contributed by atoms with Crippen molar-refractivity contribution in [2.75, 3.05) is 25.9 Å². The highest BCUT2D eigenvalue weighted by Crippen LogP contribution is 2.23. The Morgan fingerprint density at radius 1 is 1.38 bits per heavy atom. The van der Waals surface area contributed by atoms with Gasteiger partial charge in [-0.3, -0.25) is 4.79 Å². The molecule has 1 aliphatic heterocycles. The van der Waals surface area contributed by atoms with Crippen molar-refractivity contribution in [3.63, 3.8) is 0 Å². The second kappa shape index (κ2) is 7.85. The number of amides is 1. The molecule has 0 atom stereocenters. The van der Waals surface area contributed by atoms with Crippen LogP contribution in [0, 0.1) is 6.92 Å². The van der Waals surface area contributed by atoms with E-state index in [0.29, 0.717) is 6.04 Å². The van der Waals surface area contributed by atoms with Crippen molar-refractivity contribution in [3.05, 3.63) is 29.3 Å². The van der Waals surface area contributed by atoms with Crippen molar-refractivity contribution < 1.29 is 4.79 Å². The van der Waals surface area contributed by atoms with Gasteiger partial charge in [0, 0.05) is 23.0 Å². The van der Waals surface area contributed by atoms with Gasteiger partial charge in [-0.25, -0.2) is 0 Å². The van der Waals surface area contributed by atoms with Crippen LogP contribution in [0.4, 0.5) is 0 Å². The van der Waals surface area contributed by atoms with Gasteiger partial charge in [0.05, 0.1) is 0 Å². The minimum Gasteiger partial charge on any atom is -0.336 e. The van der Waals surface area contributed by atoms with Crippen LogP contribution in [0.1, 0.15) is 42.1 Å². The first-order valence-corrected chi connectivity index (χ1v) is 9.06. The topological polar surface area (TPSA) is 32.3 Å². The standard InChI is InChI=1S/C17H26N2OS/c1-4-11-19(14-7-9-18-10-8-14)17(20)16-12-15(21-3)6-5-13(16)2/h5-6,12,14,18H,4,7-11H2,1-3H3. The lowest BCUT2D eigenvalue weighted by Crippen LogP contribution is -2.46. The second-order valence-corrected chi connectivity index (χ2v) is 6.54. The summed E-state index contributed by atoms with van der Waals surface area (Å²) in [4.78, 5) is 16.3. The van der Waals surface area contributed by atoms with E-state index in [0.717, 1.165) is 54.9 Å². The summed E-state index contributed by atoms with van der Waals surface area (Å²) in [6, 6.07) is 6.58. The Labute approximate surface area is 132 Å². The minimum atomic E-state index is 0.206. The molecular weight excluding hydrogens is 280 g/mol. The average Bonchev–Trinajstić information content (AvgIpc) is 2.53. The van der Waals surface area contributed by atoms with Crippen molar-refractivity contribution in [3.8, 4) is 0 Å². The summed E-state index contributed by atoms with van der Waals surface area (Å²) in [5, 5.41) is 3.38. The first kappa shape index (κ1) is 16.4. The molecule has 1 heterocycles. The molecule has 21 heavy (non-hydrogen) atoms. The van der Waals surface area contributed by atoms with Gasteiger partial charge in [0.25, 0.3) is 5.91 Å². The maximum absolute atomic E-state index is 13.0. The molecule has 1 amide bonds. The highest BCUT2D eigenvalue weighted by molar-refractivity contribution is 7.98. The van der Waals surface area contributed by atoms with Crippen LogP contribution in [-0.4, -0.2) is 42.7 Å². The summed E-state index contributed by atoms with van der Waals surface area (Å²) in [6.07, 6.45) is 5.19. The van der Waals surface area contributed by atoms with Crippen LogP contribution >= 0.6 is 11.8 Å². The highest BCUT2D eigenvalue weighted by atomic mass is 32.2.